The highest BCUT2D eigenvalue weighted by atomic mass is 16.5. The molecular weight excluding hydrogens is 178 g/mol. The van der Waals surface area contributed by atoms with Crippen LogP contribution < -0.4 is 5.32 Å². The van der Waals surface area contributed by atoms with E-state index in [9.17, 15) is 9.59 Å². The molecule has 1 aliphatic heterocycles. The Hall–Kier alpha value is -1.14. The Balaban J connectivity index is 2.65. The molecule has 0 aromatic carbocycles. The standard InChI is InChI=1S/C7H11NO5/c1-3-2-8-6(10)5(13-3)4(9)7(11)12/h3-5,9H,2H2,1H3,(H,8,10)(H,11,12)/t3-,4?,5-/m0/s1. The highest BCUT2D eigenvalue weighted by Crippen LogP contribution is 2.08. The lowest BCUT2D eigenvalue weighted by atomic mass is 10.1. The average Bonchev–Trinajstić information content (AvgIpc) is 2.08. The van der Waals surface area contributed by atoms with Crippen molar-refractivity contribution in [2.24, 2.45) is 0 Å². The maximum Gasteiger partial charge on any atom is 0.335 e. The molecule has 6 heteroatoms. The molecular formula is C7H11NO5. The number of morpholine rings is 1. The minimum atomic E-state index is -1.80. The first kappa shape index (κ1) is 9.94. The van der Waals surface area contributed by atoms with Crippen molar-refractivity contribution in [1.29, 1.82) is 0 Å². The first-order valence-electron chi connectivity index (χ1n) is 3.86. The van der Waals surface area contributed by atoms with E-state index in [0.717, 1.165) is 0 Å². The van der Waals surface area contributed by atoms with Crippen molar-refractivity contribution >= 4 is 11.9 Å². The first-order valence-corrected chi connectivity index (χ1v) is 3.86. The van der Waals surface area contributed by atoms with E-state index in [2.05, 4.69) is 5.32 Å². The van der Waals surface area contributed by atoms with Crippen LogP contribution in [0.1, 0.15) is 6.92 Å². The van der Waals surface area contributed by atoms with Crippen LogP contribution in [0.25, 0.3) is 0 Å². The molecule has 6 nitrogen and oxygen atoms in total. The van der Waals surface area contributed by atoms with Crippen LogP contribution in [0.3, 0.4) is 0 Å². The number of aliphatic hydroxyl groups is 1. The Morgan fingerprint density at radius 3 is 2.92 bits per heavy atom. The van der Waals surface area contributed by atoms with Gasteiger partial charge in [0.05, 0.1) is 6.10 Å². The summed E-state index contributed by atoms with van der Waals surface area (Å²) in [5.74, 6) is -2.05. The molecule has 0 aromatic heterocycles. The number of carboxylic acids is 1. The van der Waals surface area contributed by atoms with Gasteiger partial charge in [0, 0.05) is 6.54 Å². The zero-order valence-electron chi connectivity index (χ0n) is 7.06. The molecule has 13 heavy (non-hydrogen) atoms. The summed E-state index contributed by atoms with van der Waals surface area (Å²) in [5, 5.41) is 19.9. The second-order valence-electron chi connectivity index (χ2n) is 2.90. The largest absolute Gasteiger partial charge is 0.479 e. The van der Waals surface area contributed by atoms with Crippen LogP contribution in [0, 0.1) is 0 Å². The number of amides is 1. The summed E-state index contributed by atoms with van der Waals surface area (Å²) in [6, 6.07) is 0. The van der Waals surface area contributed by atoms with Crippen molar-refractivity contribution in [3.05, 3.63) is 0 Å². The van der Waals surface area contributed by atoms with Crippen molar-refractivity contribution in [3.63, 3.8) is 0 Å². The maximum atomic E-state index is 11.0. The lowest BCUT2D eigenvalue weighted by molar-refractivity contribution is -0.170. The highest BCUT2D eigenvalue weighted by molar-refractivity contribution is 5.88. The zero-order chi connectivity index (χ0) is 10.0. The Bertz CT molecular complexity index is 229. The fourth-order valence-corrected chi connectivity index (χ4v) is 1.05. The molecule has 74 valence electrons. The van der Waals surface area contributed by atoms with Crippen molar-refractivity contribution in [1.82, 2.24) is 5.32 Å². The summed E-state index contributed by atoms with van der Waals surface area (Å²) >= 11 is 0. The monoisotopic (exact) mass is 189 g/mol. The Morgan fingerprint density at radius 2 is 2.38 bits per heavy atom. The van der Waals surface area contributed by atoms with Gasteiger partial charge in [0.1, 0.15) is 0 Å². The lowest BCUT2D eigenvalue weighted by Gasteiger charge is -2.28. The van der Waals surface area contributed by atoms with Crippen molar-refractivity contribution in [3.8, 4) is 0 Å². The molecule has 1 unspecified atom stereocenters. The molecule has 1 rings (SSSR count). The Labute approximate surface area is 74.5 Å². The number of hydrogen-bond donors (Lipinski definition) is 3. The summed E-state index contributed by atoms with van der Waals surface area (Å²) in [6.45, 7) is 2.02. The number of hydrogen-bond acceptors (Lipinski definition) is 4. The van der Waals surface area contributed by atoms with E-state index in [4.69, 9.17) is 14.9 Å². The van der Waals surface area contributed by atoms with Crippen LogP contribution in [0.15, 0.2) is 0 Å². The first-order chi connectivity index (χ1) is 6.02. The van der Waals surface area contributed by atoms with Gasteiger partial charge in [0.25, 0.3) is 5.91 Å². The minimum Gasteiger partial charge on any atom is -0.479 e. The predicted octanol–water partition coefficient (Wildman–Crippen LogP) is -1.66. The lowest BCUT2D eigenvalue weighted by Crippen LogP contribution is -2.55. The van der Waals surface area contributed by atoms with E-state index in [1.807, 2.05) is 0 Å². The van der Waals surface area contributed by atoms with Gasteiger partial charge in [-0.05, 0) is 6.92 Å². The molecule has 0 aromatic rings. The van der Waals surface area contributed by atoms with E-state index in [0.29, 0.717) is 6.54 Å². The summed E-state index contributed by atoms with van der Waals surface area (Å²) in [7, 11) is 0. The molecule has 0 saturated carbocycles. The van der Waals surface area contributed by atoms with Crippen LogP contribution >= 0.6 is 0 Å². The third kappa shape index (κ3) is 2.16. The van der Waals surface area contributed by atoms with Crippen LogP contribution in [0.2, 0.25) is 0 Å². The van der Waals surface area contributed by atoms with Gasteiger partial charge in [-0.1, -0.05) is 0 Å². The number of carbonyl (C=O) groups is 2. The van der Waals surface area contributed by atoms with Gasteiger partial charge < -0.3 is 20.3 Å². The summed E-state index contributed by atoms with van der Waals surface area (Å²) in [5.41, 5.74) is 0. The maximum absolute atomic E-state index is 11.0. The molecule has 1 heterocycles. The van der Waals surface area contributed by atoms with Crippen molar-refractivity contribution in [2.75, 3.05) is 6.54 Å². The number of nitrogens with one attached hydrogen (secondary N) is 1. The number of aliphatic hydroxyl groups excluding tert-OH is 1. The molecule has 3 atom stereocenters. The number of carboxylic acid groups (broad SMARTS) is 1. The second-order valence-corrected chi connectivity index (χ2v) is 2.90. The third-order valence-electron chi connectivity index (χ3n) is 1.74. The topological polar surface area (TPSA) is 95.9 Å². The summed E-state index contributed by atoms with van der Waals surface area (Å²) in [6.07, 6.45) is -3.39. The molecule has 1 fully saturated rings. The van der Waals surface area contributed by atoms with Gasteiger partial charge in [-0.3, -0.25) is 4.79 Å². The normalized spacial score (nSPS) is 30.8. The van der Waals surface area contributed by atoms with Crippen LogP contribution in [-0.4, -0.2) is 46.9 Å². The van der Waals surface area contributed by atoms with Crippen LogP contribution in [-0.2, 0) is 14.3 Å². The quantitative estimate of drug-likeness (QED) is 0.483. The van der Waals surface area contributed by atoms with Crippen molar-refractivity contribution < 1.29 is 24.5 Å². The molecule has 1 aliphatic rings. The fourth-order valence-electron chi connectivity index (χ4n) is 1.05. The van der Waals surface area contributed by atoms with Crippen molar-refractivity contribution in [2.45, 2.75) is 25.2 Å². The van der Waals surface area contributed by atoms with Crippen LogP contribution in [0.5, 0.6) is 0 Å². The smallest absolute Gasteiger partial charge is 0.335 e. The minimum absolute atomic E-state index is 0.281. The van der Waals surface area contributed by atoms with Gasteiger partial charge in [0.2, 0.25) is 0 Å². The zero-order valence-corrected chi connectivity index (χ0v) is 7.06. The van der Waals surface area contributed by atoms with Gasteiger partial charge in [-0.25, -0.2) is 4.79 Å². The number of rotatable bonds is 2. The summed E-state index contributed by atoms with van der Waals surface area (Å²) < 4.78 is 4.98. The predicted molar refractivity (Wildman–Crippen MR) is 41.0 cm³/mol. The van der Waals surface area contributed by atoms with Crippen LogP contribution in [0.4, 0.5) is 0 Å². The Morgan fingerprint density at radius 1 is 1.77 bits per heavy atom. The van der Waals surface area contributed by atoms with E-state index in [1.54, 1.807) is 6.92 Å². The fraction of sp³-hybridized carbons (Fsp3) is 0.714. The summed E-state index contributed by atoms with van der Waals surface area (Å²) in [4.78, 5) is 21.4. The third-order valence-corrected chi connectivity index (χ3v) is 1.74. The second kappa shape index (κ2) is 3.71. The average molecular weight is 189 g/mol. The number of ether oxygens (including phenoxy) is 1. The van der Waals surface area contributed by atoms with E-state index >= 15 is 0 Å². The number of carbonyl (C=O) groups excluding carboxylic acids is 1. The molecule has 1 saturated heterocycles. The molecule has 0 aliphatic carbocycles. The molecule has 0 spiro atoms. The van der Waals surface area contributed by atoms with Gasteiger partial charge in [-0.2, -0.15) is 0 Å². The van der Waals surface area contributed by atoms with E-state index < -0.39 is 24.1 Å². The van der Waals surface area contributed by atoms with Gasteiger partial charge in [0.15, 0.2) is 12.2 Å². The number of aliphatic carboxylic acids is 1. The molecule has 1 amide bonds. The SMILES string of the molecule is C[C@H]1CNC(=O)[C@H](C(O)C(=O)O)O1. The van der Waals surface area contributed by atoms with E-state index in [1.165, 1.54) is 0 Å². The molecule has 0 radical (unpaired) electrons. The Kier molecular flexibility index (Phi) is 2.84. The van der Waals surface area contributed by atoms with Gasteiger partial charge >= 0.3 is 5.97 Å². The highest BCUT2D eigenvalue weighted by Gasteiger charge is 2.37. The molecule has 0 bridgehead atoms. The van der Waals surface area contributed by atoms with E-state index in [-0.39, 0.29) is 6.10 Å². The van der Waals surface area contributed by atoms with Gasteiger partial charge in [-0.15, -0.1) is 0 Å². The molecule has 3 N–H and O–H groups in total.